The van der Waals surface area contributed by atoms with Crippen LogP contribution < -0.4 is 10.6 Å². The Morgan fingerprint density at radius 3 is 2.31 bits per heavy atom. The van der Waals surface area contributed by atoms with Crippen molar-refractivity contribution in [1.82, 2.24) is 9.97 Å². The number of rotatable bonds is 6. The van der Waals surface area contributed by atoms with Crippen molar-refractivity contribution < 1.29 is 23.1 Å². The molecule has 0 spiro atoms. The molecular weight excluding hydrogens is 421 g/mol. The summed E-state index contributed by atoms with van der Waals surface area (Å²) in [5.41, 5.74) is 5.70. The van der Waals surface area contributed by atoms with Crippen molar-refractivity contribution in [3.8, 4) is 0 Å². The van der Waals surface area contributed by atoms with Crippen molar-refractivity contribution in [3.05, 3.63) is 84.8 Å². The molecule has 0 unspecified atom stereocenters. The average molecular weight is 442 g/mol. The number of anilines is 3. The Balaban J connectivity index is 0.000000360. The second-order valence-corrected chi connectivity index (χ2v) is 6.78. The van der Waals surface area contributed by atoms with Gasteiger partial charge in [-0.15, -0.1) is 0 Å². The summed E-state index contributed by atoms with van der Waals surface area (Å²) in [7, 11) is 0. The molecule has 0 aliphatic heterocycles. The van der Waals surface area contributed by atoms with E-state index in [1.54, 1.807) is 6.20 Å². The summed E-state index contributed by atoms with van der Waals surface area (Å²) >= 11 is 0. The average Bonchev–Trinajstić information content (AvgIpc) is 3.19. The molecule has 6 nitrogen and oxygen atoms in total. The van der Waals surface area contributed by atoms with Gasteiger partial charge < -0.3 is 20.7 Å². The lowest BCUT2D eigenvalue weighted by Crippen LogP contribution is -2.21. The maximum atomic E-state index is 10.6. The number of nitrogens with one attached hydrogen (secondary N) is 3. The summed E-state index contributed by atoms with van der Waals surface area (Å²) in [5, 5.41) is 15.3. The predicted molar refractivity (Wildman–Crippen MR) is 118 cm³/mol. The molecule has 4 rings (SSSR count). The van der Waals surface area contributed by atoms with Crippen LogP contribution in [0.3, 0.4) is 0 Å². The molecule has 0 radical (unpaired) electrons. The number of carboxylic acid groups (broad SMARTS) is 1. The molecule has 2 aromatic carbocycles. The Morgan fingerprint density at radius 1 is 0.969 bits per heavy atom. The number of aromatic nitrogens is 2. The van der Waals surface area contributed by atoms with Crippen LogP contribution >= 0.6 is 0 Å². The molecule has 0 saturated heterocycles. The molecule has 4 N–H and O–H groups in total. The first-order chi connectivity index (χ1) is 15.3. The number of alkyl halides is 3. The van der Waals surface area contributed by atoms with Gasteiger partial charge in [-0.1, -0.05) is 18.2 Å². The van der Waals surface area contributed by atoms with E-state index in [0.29, 0.717) is 0 Å². The fourth-order valence-electron chi connectivity index (χ4n) is 2.95. The minimum atomic E-state index is -5.08. The highest BCUT2D eigenvalue weighted by Crippen LogP contribution is 2.20. The summed E-state index contributed by atoms with van der Waals surface area (Å²) < 4.78 is 31.7. The van der Waals surface area contributed by atoms with Crippen LogP contribution in [0.15, 0.2) is 79.3 Å². The topological polar surface area (TPSA) is 90.0 Å². The van der Waals surface area contributed by atoms with E-state index in [1.165, 1.54) is 16.5 Å². The molecule has 0 aliphatic carbocycles. The molecule has 0 atom stereocenters. The summed E-state index contributed by atoms with van der Waals surface area (Å²) in [4.78, 5) is 16.3. The fourth-order valence-corrected chi connectivity index (χ4v) is 2.95. The van der Waals surface area contributed by atoms with Gasteiger partial charge in [0.1, 0.15) is 0 Å². The Kier molecular flexibility index (Phi) is 7.33. The van der Waals surface area contributed by atoms with Gasteiger partial charge in [0.05, 0.1) is 11.9 Å². The summed E-state index contributed by atoms with van der Waals surface area (Å²) in [6.45, 7) is 0.900. The number of hydrogen-bond donors (Lipinski definition) is 4. The smallest absolute Gasteiger partial charge is 0.475 e. The molecule has 2 aromatic heterocycles. The van der Waals surface area contributed by atoms with Gasteiger partial charge in [0.25, 0.3) is 0 Å². The maximum absolute atomic E-state index is 10.6. The standard InChI is InChI=1S/C21H20N4.C2HF3O2/c1-2-6-21-20(5-1)16(14-24-21)11-13-23-17-7-9-18(10-8-17)25-19-4-3-12-22-15-19;3-2(4,5)1(6)7/h1-10,12,14-15,23-25H,11,13H2;(H,6,7). The number of para-hydroxylation sites is 1. The molecule has 0 bridgehead atoms. The van der Waals surface area contributed by atoms with Gasteiger partial charge in [-0.05, 0) is 54.4 Å². The number of nitrogens with zero attached hydrogens (tertiary/aromatic N) is 1. The number of fused-ring (bicyclic) bond motifs is 1. The van der Waals surface area contributed by atoms with Crippen molar-refractivity contribution in [1.29, 1.82) is 0 Å². The van der Waals surface area contributed by atoms with Gasteiger partial charge in [0.15, 0.2) is 0 Å². The van der Waals surface area contributed by atoms with E-state index in [-0.39, 0.29) is 0 Å². The van der Waals surface area contributed by atoms with Crippen molar-refractivity contribution in [2.75, 3.05) is 17.2 Å². The van der Waals surface area contributed by atoms with E-state index in [0.717, 1.165) is 30.0 Å². The van der Waals surface area contributed by atoms with E-state index < -0.39 is 12.1 Å². The van der Waals surface area contributed by atoms with Crippen LogP contribution in [-0.4, -0.2) is 33.8 Å². The van der Waals surface area contributed by atoms with Gasteiger partial charge in [0, 0.05) is 41.2 Å². The highest BCUT2D eigenvalue weighted by molar-refractivity contribution is 5.83. The number of aliphatic carboxylic acids is 1. The monoisotopic (exact) mass is 442 g/mol. The third kappa shape index (κ3) is 6.49. The lowest BCUT2D eigenvalue weighted by atomic mass is 10.1. The van der Waals surface area contributed by atoms with E-state index in [1.807, 2.05) is 18.3 Å². The summed E-state index contributed by atoms with van der Waals surface area (Å²) in [5.74, 6) is -2.76. The first-order valence-electron chi connectivity index (χ1n) is 9.69. The van der Waals surface area contributed by atoms with E-state index in [2.05, 4.69) is 75.3 Å². The number of carboxylic acids is 1. The molecule has 0 saturated carbocycles. The van der Waals surface area contributed by atoms with Crippen LogP contribution in [0.4, 0.5) is 30.2 Å². The van der Waals surface area contributed by atoms with Crippen molar-refractivity contribution in [2.45, 2.75) is 12.6 Å². The van der Waals surface area contributed by atoms with Crippen molar-refractivity contribution in [2.24, 2.45) is 0 Å². The third-order valence-corrected chi connectivity index (χ3v) is 4.48. The van der Waals surface area contributed by atoms with Crippen LogP contribution in [0.2, 0.25) is 0 Å². The minimum absolute atomic E-state index is 0.900. The van der Waals surface area contributed by atoms with Crippen molar-refractivity contribution >= 4 is 33.9 Å². The Morgan fingerprint density at radius 2 is 1.66 bits per heavy atom. The fraction of sp³-hybridized carbons (Fsp3) is 0.130. The normalized spacial score (nSPS) is 10.8. The van der Waals surface area contributed by atoms with Crippen LogP contribution in [-0.2, 0) is 11.2 Å². The first-order valence-corrected chi connectivity index (χ1v) is 9.69. The summed E-state index contributed by atoms with van der Waals surface area (Å²) in [6, 6.07) is 20.7. The minimum Gasteiger partial charge on any atom is -0.475 e. The van der Waals surface area contributed by atoms with Gasteiger partial charge in [-0.3, -0.25) is 4.98 Å². The molecular formula is C23H21F3N4O2. The van der Waals surface area contributed by atoms with Crippen LogP contribution in [0, 0.1) is 0 Å². The molecule has 0 aliphatic rings. The predicted octanol–water partition coefficient (Wildman–Crippen LogP) is 5.59. The zero-order valence-corrected chi connectivity index (χ0v) is 16.9. The molecule has 2 heterocycles. The first kappa shape index (κ1) is 22.7. The number of carbonyl (C=O) groups is 1. The highest BCUT2D eigenvalue weighted by Gasteiger charge is 2.38. The Bertz CT molecular complexity index is 1140. The van der Waals surface area contributed by atoms with E-state index in [9.17, 15) is 13.2 Å². The zero-order valence-electron chi connectivity index (χ0n) is 16.9. The Hall–Kier alpha value is -4.01. The molecule has 9 heteroatoms. The second-order valence-electron chi connectivity index (χ2n) is 6.78. The lowest BCUT2D eigenvalue weighted by Gasteiger charge is -2.09. The quantitative estimate of drug-likeness (QED) is 0.312. The lowest BCUT2D eigenvalue weighted by molar-refractivity contribution is -0.192. The van der Waals surface area contributed by atoms with Gasteiger partial charge in [-0.2, -0.15) is 13.2 Å². The highest BCUT2D eigenvalue weighted by atomic mass is 19.4. The zero-order chi connectivity index (χ0) is 23.0. The SMILES string of the molecule is O=C(O)C(F)(F)F.c1cncc(Nc2ccc(NCCc3c[nH]c4ccccc34)cc2)c1. The molecule has 166 valence electrons. The molecule has 32 heavy (non-hydrogen) atoms. The molecule has 0 fully saturated rings. The number of pyridine rings is 1. The maximum Gasteiger partial charge on any atom is 0.490 e. The van der Waals surface area contributed by atoms with Crippen LogP contribution in [0.1, 0.15) is 5.56 Å². The third-order valence-electron chi connectivity index (χ3n) is 4.48. The van der Waals surface area contributed by atoms with Gasteiger partial charge >= 0.3 is 12.1 Å². The number of H-pyrrole nitrogens is 1. The molecule has 0 amide bonds. The second kappa shape index (κ2) is 10.3. The largest absolute Gasteiger partial charge is 0.490 e. The van der Waals surface area contributed by atoms with E-state index >= 15 is 0 Å². The number of aromatic amines is 1. The van der Waals surface area contributed by atoms with Crippen molar-refractivity contribution in [3.63, 3.8) is 0 Å². The number of hydrogen-bond acceptors (Lipinski definition) is 4. The Labute approximate surface area is 182 Å². The van der Waals surface area contributed by atoms with Crippen LogP contribution in [0.5, 0.6) is 0 Å². The van der Waals surface area contributed by atoms with Gasteiger partial charge in [0.2, 0.25) is 0 Å². The van der Waals surface area contributed by atoms with Crippen LogP contribution in [0.25, 0.3) is 10.9 Å². The number of halogens is 3. The molecule has 4 aromatic rings. The summed E-state index contributed by atoms with van der Waals surface area (Å²) in [6.07, 6.45) is 1.59. The van der Waals surface area contributed by atoms with E-state index in [4.69, 9.17) is 9.90 Å². The van der Waals surface area contributed by atoms with Gasteiger partial charge in [-0.25, -0.2) is 4.79 Å². The number of benzene rings is 2.